The largest absolute Gasteiger partial charge is 0.484 e. The molecule has 0 radical (unpaired) electrons. The van der Waals surface area contributed by atoms with Crippen LogP contribution in [0.15, 0.2) is 18.2 Å². The molecule has 0 spiro atoms. The summed E-state index contributed by atoms with van der Waals surface area (Å²) in [5, 5.41) is 8.74. The first-order valence-corrected chi connectivity index (χ1v) is 5.34. The van der Waals surface area contributed by atoms with E-state index in [1.807, 2.05) is 6.92 Å². The van der Waals surface area contributed by atoms with Gasteiger partial charge in [0.05, 0.1) is 5.56 Å². The zero-order valence-electron chi connectivity index (χ0n) is 10.1. The highest BCUT2D eigenvalue weighted by atomic mass is 19.1. The molecule has 0 aliphatic carbocycles. The van der Waals surface area contributed by atoms with Gasteiger partial charge in [-0.15, -0.1) is 0 Å². The number of benzene rings is 1. The Bertz CT molecular complexity index is 461. The Kier molecular flexibility index (Phi) is 4.65. The van der Waals surface area contributed by atoms with E-state index in [-0.39, 0.29) is 23.8 Å². The van der Waals surface area contributed by atoms with Gasteiger partial charge >= 0.3 is 5.97 Å². The van der Waals surface area contributed by atoms with E-state index in [0.717, 1.165) is 12.1 Å². The molecule has 0 fully saturated rings. The number of hydrogen-bond donors (Lipinski definition) is 1. The number of halogens is 1. The molecule has 1 aromatic carbocycles. The van der Waals surface area contributed by atoms with Crippen molar-refractivity contribution < 1.29 is 23.8 Å². The van der Waals surface area contributed by atoms with Crippen LogP contribution in [0.4, 0.5) is 4.39 Å². The quantitative estimate of drug-likeness (QED) is 0.863. The molecule has 5 nitrogen and oxygen atoms in total. The smallest absolute Gasteiger partial charge is 0.335 e. The van der Waals surface area contributed by atoms with E-state index in [0.29, 0.717) is 6.54 Å². The summed E-state index contributed by atoms with van der Waals surface area (Å²) in [7, 11) is 1.61. The highest BCUT2D eigenvalue weighted by Crippen LogP contribution is 2.16. The number of carbonyl (C=O) groups excluding carboxylic acids is 1. The number of carboxylic acids is 1. The lowest BCUT2D eigenvalue weighted by Crippen LogP contribution is -2.31. The molecule has 1 N–H and O–H groups in total. The third-order valence-corrected chi connectivity index (χ3v) is 2.38. The number of hydrogen-bond acceptors (Lipinski definition) is 3. The fraction of sp³-hybridized carbons (Fsp3) is 0.333. The lowest BCUT2D eigenvalue weighted by Gasteiger charge is -2.14. The lowest BCUT2D eigenvalue weighted by molar-refractivity contribution is -0.131. The number of likely N-dealkylation sites (N-methyl/N-ethyl adjacent to an activating group) is 1. The molecule has 98 valence electrons. The molecule has 6 heteroatoms. The van der Waals surface area contributed by atoms with Crippen LogP contribution in [0, 0.1) is 5.82 Å². The maximum Gasteiger partial charge on any atom is 0.335 e. The molecular weight excluding hydrogens is 241 g/mol. The van der Waals surface area contributed by atoms with Crippen LogP contribution in [0.2, 0.25) is 0 Å². The molecule has 0 aliphatic rings. The normalized spacial score (nSPS) is 9.94. The van der Waals surface area contributed by atoms with Crippen molar-refractivity contribution in [3.63, 3.8) is 0 Å². The number of nitrogens with zero attached hydrogens (tertiary/aromatic N) is 1. The predicted octanol–water partition coefficient (Wildman–Crippen LogP) is 1.38. The summed E-state index contributed by atoms with van der Waals surface area (Å²) in [6.07, 6.45) is 0. The molecule has 0 unspecified atom stereocenters. The van der Waals surface area contributed by atoms with Crippen molar-refractivity contribution >= 4 is 11.9 Å². The summed E-state index contributed by atoms with van der Waals surface area (Å²) < 4.78 is 18.2. The van der Waals surface area contributed by atoms with Crippen LogP contribution >= 0.6 is 0 Å². The minimum Gasteiger partial charge on any atom is -0.484 e. The SMILES string of the molecule is CCN(C)C(=O)COc1cc(F)cc(C(=O)O)c1. The average molecular weight is 255 g/mol. The minimum absolute atomic E-state index is 0.0188. The summed E-state index contributed by atoms with van der Waals surface area (Å²) in [6.45, 7) is 2.08. The number of aromatic carboxylic acids is 1. The van der Waals surface area contributed by atoms with Crippen molar-refractivity contribution in [1.82, 2.24) is 4.90 Å². The first-order valence-electron chi connectivity index (χ1n) is 5.34. The molecule has 0 saturated carbocycles. The molecule has 1 amide bonds. The van der Waals surface area contributed by atoms with Crippen LogP contribution in [0.3, 0.4) is 0 Å². The number of carboxylic acid groups (broad SMARTS) is 1. The Morgan fingerprint density at radius 1 is 1.39 bits per heavy atom. The van der Waals surface area contributed by atoms with E-state index in [1.165, 1.54) is 11.0 Å². The van der Waals surface area contributed by atoms with Gasteiger partial charge in [-0.1, -0.05) is 0 Å². The van der Waals surface area contributed by atoms with Gasteiger partial charge in [-0.25, -0.2) is 9.18 Å². The maximum absolute atomic E-state index is 13.1. The van der Waals surface area contributed by atoms with Crippen molar-refractivity contribution in [2.75, 3.05) is 20.2 Å². The molecule has 0 aliphatic heterocycles. The van der Waals surface area contributed by atoms with Crippen molar-refractivity contribution in [2.24, 2.45) is 0 Å². The summed E-state index contributed by atoms with van der Waals surface area (Å²) in [5.74, 6) is -2.22. The van der Waals surface area contributed by atoms with Crippen molar-refractivity contribution in [3.8, 4) is 5.75 Å². The highest BCUT2D eigenvalue weighted by Gasteiger charge is 2.11. The van der Waals surface area contributed by atoms with Gasteiger partial charge in [0.2, 0.25) is 0 Å². The third kappa shape index (κ3) is 3.73. The summed E-state index contributed by atoms with van der Waals surface area (Å²) >= 11 is 0. The van der Waals surface area contributed by atoms with E-state index in [1.54, 1.807) is 7.05 Å². The van der Waals surface area contributed by atoms with Crippen molar-refractivity contribution in [2.45, 2.75) is 6.92 Å². The van der Waals surface area contributed by atoms with E-state index < -0.39 is 11.8 Å². The topological polar surface area (TPSA) is 66.8 Å². The zero-order chi connectivity index (χ0) is 13.7. The molecule has 0 heterocycles. The van der Waals surface area contributed by atoms with Gasteiger partial charge < -0.3 is 14.7 Å². The Morgan fingerprint density at radius 3 is 2.61 bits per heavy atom. The summed E-state index contributed by atoms with van der Waals surface area (Å²) in [4.78, 5) is 23.6. The van der Waals surface area contributed by atoms with Gasteiger partial charge in [-0.05, 0) is 19.1 Å². The maximum atomic E-state index is 13.1. The lowest BCUT2D eigenvalue weighted by atomic mass is 10.2. The van der Waals surface area contributed by atoms with Crippen molar-refractivity contribution in [3.05, 3.63) is 29.6 Å². The average Bonchev–Trinajstić information content (AvgIpc) is 2.34. The number of amides is 1. The van der Waals surface area contributed by atoms with Gasteiger partial charge in [0.25, 0.3) is 5.91 Å². The molecule has 1 aromatic rings. The Morgan fingerprint density at radius 2 is 2.06 bits per heavy atom. The van der Waals surface area contributed by atoms with Crippen LogP contribution in [0.5, 0.6) is 5.75 Å². The first-order chi connectivity index (χ1) is 8.43. The second-order valence-corrected chi connectivity index (χ2v) is 3.68. The second-order valence-electron chi connectivity index (χ2n) is 3.68. The van der Waals surface area contributed by atoms with Crippen LogP contribution < -0.4 is 4.74 Å². The van der Waals surface area contributed by atoms with Crippen LogP contribution in [-0.2, 0) is 4.79 Å². The fourth-order valence-corrected chi connectivity index (χ4v) is 1.20. The number of ether oxygens (including phenoxy) is 1. The third-order valence-electron chi connectivity index (χ3n) is 2.38. The van der Waals surface area contributed by atoms with E-state index >= 15 is 0 Å². The zero-order valence-corrected chi connectivity index (χ0v) is 10.1. The molecule has 0 atom stereocenters. The first kappa shape index (κ1) is 14.0. The van der Waals surface area contributed by atoms with Crippen LogP contribution in [0.25, 0.3) is 0 Å². The number of rotatable bonds is 5. The molecular formula is C12H14FNO4. The second kappa shape index (κ2) is 6.00. The Hall–Kier alpha value is -2.11. The molecule has 0 aromatic heterocycles. The van der Waals surface area contributed by atoms with Gasteiger partial charge in [-0.2, -0.15) is 0 Å². The van der Waals surface area contributed by atoms with Crippen LogP contribution in [-0.4, -0.2) is 42.1 Å². The van der Waals surface area contributed by atoms with Gasteiger partial charge in [0.1, 0.15) is 11.6 Å². The minimum atomic E-state index is -1.25. The monoisotopic (exact) mass is 255 g/mol. The Balaban J connectivity index is 2.73. The highest BCUT2D eigenvalue weighted by molar-refractivity contribution is 5.88. The molecule has 1 rings (SSSR count). The van der Waals surface area contributed by atoms with Gasteiger partial charge in [0.15, 0.2) is 6.61 Å². The number of carbonyl (C=O) groups is 2. The van der Waals surface area contributed by atoms with E-state index in [4.69, 9.17) is 9.84 Å². The van der Waals surface area contributed by atoms with Gasteiger partial charge in [0, 0.05) is 19.7 Å². The van der Waals surface area contributed by atoms with Gasteiger partial charge in [-0.3, -0.25) is 4.79 Å². The Labute approximate surface area is 104 Å². The molecule has 0 bridgehead atoms. The summed E-state index contributed by atoms with van der Waals surface area (Å²) in [6, 6.07) is 3.09. The van der Waals surface area contributed by atoms with Crippen molar-refractivity contribution in [1.29, 1.82) is 0 Å². The van der Waals surface area contributed by atoms with E-state index in [9.17, 15) is 14.0 Å². The van der Waals surface area contributed by atoms with Crippen LogP contribution in [0.1, 0.15) is 17.3 Å². The standard InChI is InChI=1S/C12H14FNO4/c1-3-14(2)11(15)7-18-10-5-8(12(16)17)4-9(13)6-10/h4-6H,3,7H2,1-2H3,(H,16,17). The molecule has 0 saturated heterocycles. The van der Waals surface area contributed by atoms with E-state index in [2.05, 4.69) is 0 Å². The predicted molar refractivity (Wildman–Crippen MR) is 62.2 cm³/mol. The molecule has 18 heavy (non-hydrogen) atoms. The fourth-order valence-electron chi connectivity index (χ4n) is 1.20. The summed E-state index contributed by atoms with van der Waals surface area (Å²) in [5.41, 5.74) is -0.221.